The van der Waals surface area contributed by atoms with Gasteiger partial charge in [-0.15, -0.1) is 0 Å². The molecule has 1 N–H and O–H groups in total. The summed E-state index contributed by atoms with van der Waals surface area (Å²) in [6, 6.07) is 0. The van der Waals surface area contributed by atoms with Crippen LogP contribution in [-0.2, 0) is 16.8 Å². The first kappa shape index (κ1) is 13.1. The van der Waals surface area contributed by atoms with Gasteiger partial charge in [0.1, 0.15) is 5.60 Å². The standard InChI is InChI=1S/C11H21N3O2/c1-5-11(3,15-4)10-13-9(16-14-10)7-8-12-6-2/h12H,5-8H2,1-4H3. The van der Waals surface area contributed by atoms with Crippen molar-refractivity contribution >= 4 is 0 Å². The van der Waals surface area contributed by atoms with E-state index in [1.165, 1.54) is 0 Å². The highest BCUT2D eigenvalue weighted by Crippen LogP contribution is 2.25. The van der Waals surface area contributed by atoms with Gasteiger partial charge in [0, 0.05) is 20.1 Å². The average molecular weight is 227 g/mol. The van der Waals surface area contributed by atoms with E-state index in [4.69, 9.17) is 9.26 Å². The Morgan fingerprint density at radius 3 is 2.75 bits per heavy atom. The third-order valence-corrected chi connectivity index (χ3v) is 2.83. The van der Waals surface area contributed by atoms with E-state index < -0.39 is 5.60 Å². The second-order valence-corrected chi connectivity index (χ2v) is 3.90. The van der Waals surface area contributed by atoms with Crippen LogP contribution in [0.15, 0.2) is 4.52 Å². The number of aromatic nitrogens is 2. The summed E-state index contributed by atoms with van der Waals surface area (Å²) in [7, 11) is 1.66. The molecule has 1 heterocycles. The van der Waals surface area contributed by atoms with Crippen LogP contribution in [-0.4, -0.2) is 30.3 Å². The number of hydrogen-bond donors (Lipinski definition) is 1. The fourth-order valence-corrected chi connectivity index (χ4v) is 1.34. The van der Waals surface area contributed by atoms with Gasteiger partial charge in [-0.2, -0.15) is 4.98 Å². The highest BCUT2D eigenvalue weighted by Gasteiger charge is 2.29. The van der Waals surface area contributed by atoms with Gasteiger partial charge in [0.15, 0.2) is 0 Å². The van der Waals surface area contributed by atoms with Crippen LogP contribution < -0.4 is 5.32 Å². The summed E-state index contributed by atoms with van der Waals surface area (Å²) in [5.41, 5.74) is -0.445. The van der Waals surface area contributed by atoms with Gasteiger partial charge in [-0.25, -0.2) is 0 Å². The quantitative estimate of drug-likeness (QED) is 0.715. The molecule has 0 saturated heterocycles. The first-order chi connectivity index (χ1) is 7.66. The van der Waals surface area contributed by atoms with Crippen molar-refractivity contribution in [3.05, 3.63) is 11.7 Å². The van der Waals surface area contributed by atoms with E-state index in [1.54, 1.807) is 7.11 Å². The minimum atomic E-state index is -0.445. The zero-order valence-corrected chi connectivity index (χ0v) is 10.5. The fraction of sp³-hybridized carbons (Fsp3) is 0.818. The number of rotatable bonds is 7. The van der Waals surface area contributed by atoms with Crippen molar-refractivity contribution in [1.29, 1.82) is 0 Å². The van der Waals surface area contributed by atoms with Gasteiger partial charge in [-0.3, -0.25) is 0 Å². The molecule has 1 aromatic rings. The maximum atomic E-state index is 5.41. The van der Waals surface area contributed by atoms with Crippen molar-refractivity contribution in [1.82, 2.24) is 15.5 Å². The molecule has 0 aliphatic heterocycles. The summed E-state index contributed by atoms with van der Waals surface area (Å²) in [5, 5.41) is 7.18. The Morgan fingerprint density at radius 2 is 2.19 bits per heavy atom. The average Bonchev–Trinajstić information content (AvgIpc) is 2.78. The lowest BCUT2D eigenvalue weighted by atomic mass is 10.0. The lowest BCUT2D eigenvalue weighted by Crippen LogP contribution is -2.25. The summed E-state index contributed by atoms with van der Waals surface area (Å²) in [4.78, 5) is 4.35. The van der Waals surface area contributed by atoms with Gasteiger partial charge in [0.2, 0.25) is 11.7 Å². The molecule has 5 nitrogen and oxygen atoms in total. The van der Waals surface area contributed by atoms with Crippen molar-refractivity contribution < 1.29 is 9.26 Å². The molecule has 0 spiro atoms. The van der Waals surface area contributed by atoms with Gasteiger partial charge >= 0.3 is 0 Å². The van der Waals surface area contributed by atoms with Crippen molar-refractivity contribution in [3.8, 4) is 0 Å². The number of methoxy groups -OCH3 is 1. The minimum absolute atomic E-state index is 0.445. The zero-order chi connectivity index (χ0) is 12.0. The lowest BCUT2D eigenvalue weighted by molar-refractivity contribution is -0.0106. The molecule has 0 saturated carbocycles. The number of hydrogen-bond acceptors (Lipinski definition) is 5. The molecule has 92 valence electrons. The van der Waals surface area contributed by atoms with E-state index >= 15 is 0 Å². The highest BCUT2D eigenvalue weighted by atomic mass is 16.5. The number of ether oxygens (including phenoxy) is 1. The molecule has 16 heavy (non-hydrogen) atoms. The molecule has 0 radical (unpaired) electrons. The lowest BCUT2D eigenvalue weighted by Gasteiger charge is -2.21. The topological polar surface area (TPSA) is 60.2 Å². The molecule has 0 aliphatic rings. The summed E-state index contributed by atoms with van der Waals surface area (Å²) in [5.74, 6) is 1.29. The van der Waals surface area contributed by atoms with Crippen molar-refractivity contribution in [2.24, 2.45) is 0 Å². The number of nitrogens with zero attached hydrogens (tertiary/aromatic N) is 2. The van der Waals surface area contributed by atoms with Gasteiger partial charge in [-0.05, 0) is 19.9 Å². The van der Waals surface area contributed by atoms with E-state index in [2.05, 4.69) is 22.4 Å². The molecule has 1 atom stereocenters. The van der Waals surface area contributed by atoms with E-state index in [9.17, 15) is 0 Å². The Labute approximate surface area is 96.6 Å². The van der Waals surface area contributed by atoms with Crippen LogP contribution in [0.5, 0.6) is 0 Å². The second kappa shape index (κ2) is 5.96. The molecule has 1 rings (SSSR count). The van der Waals surface area contributed by atoms with Crippen LogP contribution in [0.2, 0.25) is 0 Å². The van der Waals surface area contributed by atoms with Crippen LogP contribution in [0, 0.1) is 0 Å². The molecule has 0 aromatic carbocycles. The predicted molar refractivity (Wildman–Crippen MR) is 61.2 cm³/mol. The molecule has 0 amide bonds. The first-order valence-corrected chi connectivity index (χ1v) is 5.75. The molecule has 1 unspecified atom stereocenters. The van der Waals surface area contributed by atoms with Crippen molar-refractivity contribution in [2.45, 2.75) is 39.2 Å². The monoisotopic (exact) mass is 227 g/mol. The maximum Gasteiger partial charge on any atom is 0.228 e. The SMILES string of the molecule is CCNCCc1nc(C(C)(CC)OC)no1. The molecule has 1 aromatic heterocycles. The van der Waals surface area contributed by atoms with E-state index in [1.807, 2.05) is 13.8 Å². The van der Waals surface area contributed by atoms with Crippen molar-refractivity contribution in [2.75, 3.05) is 20.2 Å². The molecule has 5 heteroatoms. The zero-order valence-electron chi connectivity index (χ0n) is 10.5. The molecular formula is C11H21N3O2. The number of likely N-dealkylation sites (N-methyl/N-ethyl adjacent to an activating group) is 1. The third kappa shape index (κ3) is 3.02. The smallest absolute Gasteiger partial charge is 0.228 e. The Morgan fingerprint density at radius 1 is 1.44 bits per heavy atom. The fourth-order valence-electron chi connectivity index (χ4n) is 1.34. The normalized spacial score (nSPS) is 15.0. The summed E-state index contributed by atoms with van der Waals surface area (Å²) < 4.78 is 10.6. The molecule has 0 fully saturated rings. The second-order valence-electron chi connectivity index (χ2n) is 3.90. The van der Waals surface area contributed by atoms with Crippen LogP contribution in [0.3, 0.4) is 0 Å². The minimum Gasteiger partial charge on any atom is -0.370 e. The van der Waals surface area contributed by atoms with Crippen molar-refractivity contribution in [3.63, 3.8) is 0 Å². The molecular weight excluding hydrogens is 206 g/mol. The Balaban J connectivity index is 2.63. The van der Waals surface area contributed by atoms with Gasteiger partial charge in [-0.1, -0.05) is 19.0 Å². The number of nitrogens with one attached hydrogen (secondary N) is 1. The largest absolute Gasteiger partial charge is 0.370 e. The third-order valence-electron chi connectivity index (χ3n) is 2.83. The predicted octanol–water partition coefficient (Wildman–Crippen LogP) is 1.49. The summed E-state index contributed by atoms with van der Waals surface area (Å²) in [6.45, 7) is 7.88. The Hall–Kier alpha value is -0.940. The summed E-state index contributed by atoms with van der Waals surface area (Å²) in [6.07, 6.45) is 1.57. The Bertz CT molecular complexity index is 308. The molecule has 0 aliphatic carbocycles. The van der Waals surface area contributed by atoms with Crippen LogP contribution in [0.25, 0.3) is 0 Å². The summed E-state index contributed by atoms with van der Waals surface area (Å²) >= 11 is 0. The van der Waals surface area contributed by atoms with Crippen LogP contribution in [0.1, 0.15) is 38.9 Å². The van der Waals surface area contributed by atoms with Crippen LogP contribution >= 0.6 is 0 Å². The van der Waals surface area contributed by atoms with E-state index in [0.29, 0.717) is 11.7 Å². The van der Waals surface area contributed by atoms with Gasteiger partial charge < -0.3 is 14.6 Å². The van der Waals surface area contributed by atoms with E-state index in [-0.39, 0.29) is 0 Å². The Kier molecular flexibility index (Phi) is 4.89. The van der Waals surface area contributed by atoms with Gasteiger partial charge in [0.25, 0.3) is 0 Å². The van der Waals surface area contributed by atoms with Gasteiger partial charge in [0.05, 0.1) is 0 Å². The highest BCUT2D eigenvalue weighted by molar-refractivity contribution is 4.99. The van der Waals surface area contributed by atoms with Crippen LogP contribution in [0.4, 0.5) is 0 Å². The molecule has 0 bridgehead atoms. The first-order valence-electron chi connectivity index (χ1n) is 5.75. The maximum absolute atomic E-state index is 5.41. The van der Waals surface area contributed by atoms with E-state index in [0.717, 1.165) is 25.9 Å².